The number of piperazine rings is 1. The van der Waals surface area contributed by atoms with Gasteiger partial charge < -0.3 is 20.0 Å². The molecule has 2 aliphatic heterocycles. The molecule has 9 heteroatoms. The Morgan fingerprint density at radius 2 is 1.91 bits per heavy atom. The highest BCUT2D eigenvalue weighted by Crippen LogP contribution is 2.31. The number of hydrogen-bond acceptors (Lipinski definition) is 7. The molecule has 0 radical (unpaired) electrons. The molecule has 1 atom stereocenters. The van der Waals surface area contributed by atoms with Crippen molar-refractivity contribution in [2.45, 2.75) is 46.3 Å². The first kappa shape index (κ1) is 23.0. The first-order valence-electron chi connectivity index (χ1n) is 12.2. The summed E-state index contributed by atoms with van der Waals surface area (Å²) in [6.07, 6.45) is 2.74. The summed E-state index contributed by atoms with van der Waals surface area (Å²) in [5.41, 5.74) is 3.32. The third-order valence-corrected chi connectivity index (χ3v) is 7.02. The van der Waals surface area contributed by atoms with Crippen molar-refractivity contribution in [1.29, 1.82) is 0 Å². The van der Waals surface area contributed by atoms with E-state index in [0.29, 0.717) is 56.7 Å². The van der Waals surface area contributed by atoms with Crippen LogP contribution in [0.1, 0.15) is 48.8 Å². The van der Waals surface area contributed by atoms with Gasteiger partial charge in [0, 0.05) is 62.8 Å². The molecule has 0 saturated carbocycles. The zero-order valence-corrected chi connectivity index (χ0v) is 20.5. The van der Waals surface area contributed by atoms with Gasteiger partial charge in [-0.25, -0.2) is 4.98 Å². The molecule has 1 N–H and O–H groups in total. The van der Waals surface area contributed by atoms with Crippen molar-refractivity contribution in [3.63, 3.8) is 0 Å². The van der Waals surface area contributed by atoms with Crippen LogP contribution in [0, 0.1) is 0 Å². The highest BCUT2D eigenvalue weighted by atomic mass is 16.2. The van der Waals surface area contributed by atoms with Crippen molar-refractivity contribution in [2.75, 3.05) is 36.4 Å². The van der Waals surface area contributed by atoms with Crippen LogP contribution in [-0.4, -0.2) is 68.8 Å². The van der Waals surface area contributed by atoms with Crippen LogP contribution < -0.4 is 10.2 Å². The van der Waals surface area contributed by atoms with Crippen molar-refractivity contribution >= 4 is 34.5 Å². The number of fused-ring (bicyclic) bond motifs is 2. The molecule has 2 aromatic heterocycles. The van der Waals surface area contributed by atoms with Crippen LogP contribution in [-0.2, 0) is 17.9 Å². The quantitative estimate of drug-likeness (QED) is 0.588. The molecule has 1 saturated heterocycles. The van der Waals surface area contributed by atoms with E-state index in [0.717, 1.165) is 28.5 Å². The van der Waals surface area contributed by atoms with E-state index in [2.05, 4.69) is 41.2 Å². The minimum absolute atomic E-state index is 0.0456. The number of pyridine rings is 1. The molecule has 2 amide bonds. The Kier molecular flexibility index (Phi) is 6.23. The molecule has 0 unspecified atom stereocenters. The number of nitrogens with zero attached hydrogens (tertiary/aromatic N) is 6. The monoisotopic (exact) mass is 473 g/mol. The molecule has 35 heavy (non-hydrogen) atoms. The molecule has 9 nitrogen and oxygen atoms in total. The molecule has 0 spiro atoms. The summed E-state index contributed by atoms with van der Waals surface area (Å²) in [6, 6.07) is 10.3. The van der Waals surface area contributed by atoms with Gasteiger partial charge in [-0.05, 0) is 31.0 Å². The fourth-order valence-corrected chi connectivity index (χ4v) is 4.66. The summed E-state index contributed by atoms with van der Waals surface area (Å²) in [5, 5.41) is 4.55. The second-order valence-corrected chi connectivity index (χ2v) is 9.27. The Balaban J connectivity index is 1.44. The third-order valence-electron chi connectivity index (χ3n) is 7.02. The van der Waals surface area contributed by atoms with Crippen LogP contribution in [0.25, 0.3) is 10.9 Å². The summed E-state index contributed by atoms with van der Waals surface area (Å²) in [6.45, 7) is 9.28. The van der Waals surface area contributed by atoms with Gasteiger partial charge in [0.25, 0.3) is 5.91 Å². The molecule has 5 rings (SSSR count). The van der Waals surface area contributed by atoms with Crippen molar-refractivity contribution < 1.29 is 9.59 Å². The fraction of sp³-hybridized carbons (Fsp3) is 0.423. The summed E-state index contributed by atoms with van der Waals surface area (Å²) >= 11 is 0. The van der Waals surface area contributed by atoms with Gasteiger partial charge in [0.15, 0.2) is 0 Å². The lowest BCUT2D eigenvalue weighted by molar-refractivity contribution is -0.129. The van der Waals surface area contributed by atoms with Crippen LogP contribution in [0.5, 0.6) is 0 Å². The van der Waals surface area contributed by atoms with E-state index in [1.54, 1.807) is 6.92 Å². The summed E-state index contributed by atoms with van der Waals surface area (Å²) in [5.74, 6) is 1.25. The normalized spacial score (nSPS) is 16.5. The van der Waals surface area contributed by atoms with Crippen LogP contribution in [0.3, 0.4) is 0 Å². The number of hydrogen-bond donors (Lipinski definition) is 1. The number of nitrogens with one attached hydrogen (secondary N) is 1. The Labute approximate surface area is 205 Å². The molecular formula is C26H31N7O2. The van der Waals surface area contributed by atoms with Crippen LogP contribution in [0.2, 0.25) is 0 Å². The molecule has 182 valence electrons. The van der Waals surface area contributed by atoms with Gasteiger partial charge in [-0.3, -0.25) is 14.6 Å². The average molecular weight is 474 g/mol. The van der Waals surface area contributed by atoms with Gasteiger partial charge >= 0.3 is 0 Å². The number of amides is 2. The van der Waals surface area contributed by atoms with Gasteiger partial charge in [-0.2, -0.15) is 4.98 Å². The number of anilines is 2. The number of para-hydroxylation sites is 1. The number of carbonyl (C=O) groups is 2. The molecule has 0 aliphatic carbocycles. The lowest BCUT2D eigenvalue weighted by atomic mass is 10.1. The number of carbonyl (C=O) groups excluding carboxylic acids is 2. The van der Waals surface area contributed by atoms with Crippen molar-refractivity contribution in [3.8, 4) is 0 Å². The van der Waals surface area contributed by atoms with E-state index in [1.165, 1.54) is 0 Å². The smallest absolute Gasteiger partial charge is 0.273 e. The average Bonchev–Trinajstić information content (AvgIpc) is 3.23. The van der Waals surface area contributed by atoms with Gasteiger partial charge in [-0.1, -0.05) is 25.1 Å². The molecule has 1 fully saturated rings. The highest BCUT2D eigenvalue weighted by molar-refractivity contribution is 5.98. The molecule has 2 aliphatic rings. The fourth-order valence-electron chi connectivity index (χ4n) is 4.66. The van der Waals surface area contributed by atoms with Crippen LogP contribution >= 0.6 is 0 Å². The Bertz CT molecular complexity index is 1270. The van der Waals surface area contributed by atoms with Crippen LogP contribution in [0.15, 0.2) is 36.5 Å². The Hall–Kier alpha value is -3.75. The third kappa shape index (κ3) is 4.50. The van der Waals surface area contributed by atoms with E-state index in [9.17, 15) is 9.59 Å². The lowest BCUT2D eigenvalue weighted by Gasteiger charge is -2.34. The zero-order chi connectivity index (χ0) is 24.5. The number of aromatic nitrogens is 3. The van der Waals surface area contributed by atoms with Gasteiger partial charge in [0.2, 0.25) is 11.9 Å². The predicted octanol–water partition coefficient (Wildman–Crippen LogP) is 3.06. The zero-order valence-electron chi connectivity index (χ0n) is 20.5. The molecule has 0 bridgehead atoms. The number of rotatable bonds is 6. The van der Waals surface area contributed by atoms with Gasteiger partial charge in [0.05, 0.1) is 12.1 Å². The van der Waals surface area contributed by atoms with Crippen molar-refractivity contribution in [3.05, 3.63) is 53.3 Å². The maximum atomic E-state index is 13.3. The van der Waals surface area contributed by atoms with Crippen molar-refractivity contribution in [2.24, 2.45) is 0 Å². The van der Waals surface area contributed by atoms with E-state index in [-0.39, 0.29) is 17.9 Å². The number of benzene rings is 1. The Morgan fingerprint density at radius 3 is 2.66 bits per heavy atom. The summed E-state index contributed by atoms with van der Waals surface area (Å²) in [4.78, 5) is 44.9. The van der Waals surface area contributed by atoms with E-state index in [1.807, 2.05) is 34.2 Å². The lowest BCUT2D eigenvalue weighted by Crippen LogP contribution is -2.48. The SMILES string of the molecule is CC[C@H](C)N1Cc2c(NCc3cnc4ccccc4c3)nc(N3CCN(C(C)=O)CC3)nc2C1=O. The maximum Gasteiger partial charge on any atom is 0.273 e. The summed E-state index contributed by atoms with van der Waals surface area (Å²) < 4.78 is 0. The second kappa shape index (κ2) is 9.48. The summed E-state index contributed by atoms with van der Waals surface area (Å²) in [7, 11) is 0. The topological polar surface area (TPSA) is 94.6 Å². The van der Waals surface area contributed by atoms with Crippen molar-refractivity contribution in [1.82, 2.24) is 24.8 Å². The minimum Gasteiger partial charge on any atom is -0.365 e. The van der Waals surface area contributed by atoms with E-state index < -0.39 is 0 Å². The van der Waals surface area contributed by atoms with Gasteiger partial charge in [0.1, 0.15) is 11.5 Å². The maximum absolute atomic E-state index is 13.3. The molecule has 3 aromatic rings. The molecule has 1 aromatic carbocycles. The largest absolute Gasteiger partial charge is 0.365 e. The molecular weight excluding hydrogens is 442 g/mol. The standard InChI is InChI=1S/C26H31N7O2/c1-4-17(2)33-16-21-23(25(33)35)29-26(32-11-9-31(10-12-32)18(3)34)30-24(21)28-15-19-13-20-7-5-6-8-22(20)27-14-19/h5-8,13-14,17H,4,9-12,15-16H2,1-3H3,(H,28,29,30)/t17-/m0/s1. The predicted molar refractivity (Wildman–Crippen MR) is 135 cm³/mol. The second-order valence-electron chi connectivity index (χ2n) is 9.27. The van der Waals surface area contributed by atoms with Gasteiger partial charge in [-0.15, -0.1) is 0 Å². The van der Waals surface area contributed by atoms with E-state index >= 15 is 0 Å². The first-order chi connectivity index (χ1) is 16.9. The Morgan fingerprint density at radius 1 is 1.14 bits per heavy atom. The van der Waals surface area contributed by atoms with E-state index in [4.69, 9.17) is 9.97 Å². The van der Waals surface area contributed by atoms with Crippen LogP contribution in [0.4, 0.5) is 11.8 Å². The highest BCUT2D eigenvalue weighted by Gasteiger charge is 2.35. The minimum atomic E-state index is -0.0456. The first-order valence-corrected chi connectivity index (χ1v) is 12.2. The molecule has 4 heterocycles.